The topological polar surface area (TPSA) is 75.2 Å². The number of halogens is 1. The van der Waals surface area contributed by atoms with Gasteiger partial charge in [-0.15, -0.1) is 12.4 Å². The van der Waals surface area contributed by atoms with Gasteiger partial charge in [-0.3, -0.25) is 9.59 Å². The summed E-state index contributed by atoms with van der Waals surface area (Å²) >= 11 is 1.86. The van der Waals surface area contributed by atoms with Crippen molar-refractivity contribution in [3.8, 4) is 0 Å². The minimum Gasteiger partial charge on any atom is -0.354 e. The largest absolute Gasteiger partial charge is 0.354 e. The van der Waals surface area contributed by atoms with Gasteiger partial charge < -0.3 is 10.2 Å². The Bertz CT molecular complexity index is 1080. The first-order valence-corrected chi connectivity index (χ1v) is 10.7. The first-order chi connectivity index (χ1) is 14.0. The standard InChI is InChI=1S/C22H22N4O2S.ClH/c1-14-3-8-18-20(25-17-6-4-16(5-7-17)15(2)27)19(13-23-21(18)24-14)22(28)26-9-11-29-12-10-26;/h3-8,13H,9-12H2,1-2H3,(H,23,24,25);1H. The fraction of sp³-hybridized carbons (Fsp3) is 0.273. The molecule has 1 N–H and O–H groups in total. The molecule has 0 saturated carbocycles. The summed E-state index contributed by atoms with van der Waals surface area (Å²) in [6.07, 6.45) is 1.62. The van der Waals surface area contributed by atoms with Crippen LogP contribution >= 0.6 is 24.2 Å². The number of fused-ring (bicyclic) bond motifs is 1. The highest BCUT2D eigenvalue weighted by molar-refractivity contribution is 7.99. The lowest BCUT2D eigenvalue weighted by Gasteiger charge is -2.27. The SMILES string of the molecule is CC(=O)c1ccc(Nc2c(C(=O)N3CCSCC3)cnc3nc(C)ccc23)cc1.Cl. The van der Waals surface area contributed by atoms with Crippen molar-refractivity contribution in [1.82, 2.24) is 14.9 Å². The molecule has 1 amide bonds. The summed E-state index contributed by atoms with van der Waals surface area (Å²) in [6, 6.07) is 11.1. The van der Waals surface area contributed by atoms with Crippen molar-refractivity contribution in [1.29, 1.82) is 0 Å². The number of hydrogen-bond donors (Lipinski definition) is 1. The summed E-state index contributed by atoms with van der Waals surface area (Å²) in [5, 5.41) is 4.17. The Balaban J connectivity index is 0.00000256. The molecule has 3 heterocycles. The molecule has 0 bridgehead atoms. The van der Waals surface area contributed by atoms with Crippen molar-refractivity contribution in [2.24, 2.45) is 0 Å². The van der Waals surface area contributed by atoms with Crippen LogP contribution in [0.3, 0.4) is 0 Å². The summed E-state index contributed by atoms with van der Waals surface area (Å²) in [4.78, 5) is 35.6. The fourth-order valence-corrected chi connectivity index (χ4v) is 4.24. The highest BCUT2D eigenvalue weighted by atomic mass is 35.5. The Morgan fingerprint density at radius 2 is 1.77 bits per heavy atom. The van der Waals surface area contributed by atoms with Crippen molar-refractivity contribution < 1.29 is 9.59 Å². The number of thioether (sulfide) groups is 1. The van der Waals surface area contributed by atoms with Crippen LogP contribution < -0.4 is 5.32 Å². The lowest BCUT2D eigenvalue weighted by Crippen LogP contribution is -2.38. The molecule has 156 valence electrons. The molecular weight excluding hydrogens is 420 g/mol. The first-order valence-electron chi connectivity index (χ1n) is 9.54. The second-order valence-electron chi connectivity index (χ2n) is 7.03. The molecule has 1 fully saturated rings. The highest BCUT2D eigenvalue weighted by Crippen LogP contribution is 2.30. The van der Waals surface area contributed by atoms with Crippen molar-refractivity contribution >= 4 is 58.3 Å². The zero-order valence-corrected chi connectivity index (χ0v) is 18.5. The van der Waals surface area contributed by atoms with E-state index in [0.29, 0.717) is 22.5 Å². The van der Waals surface area contributed by atoms with E-state index in [1.807, 2.05) is 47.9 Å². The van der Waals surface area contributed by atoms with Gasteiger partial charge in [-0.25, -0.2) is 9.97 Å². The zero-order chi connectivity index (χ0) is 20.4. The van der Waals surface area contributed by atoms with E-state index in [2.05, 4.69) is 15.3 Å². The number of aryl methyl sites for hydroxylation is 1. The van der Waals surface area contributed by atoms with Gasteiger partial charge >= 0.3 is 0 Å². The van der Waals surface area contributed by atoms with Gasteiger partial charge in [0, 0.05) is 53.1 Å². The average Bonchev–Trinajstić information content (AvgIpc) is 2.74. The Kier molecular flexibility index (Phi) is 6.95. The molecule has 1 aliphatic rings. The average molecular weight is 443 g/mol. The first kappa shape index (κ1) is 22.1. The second-order valence-corrected chi connectivity index (χ2v) is 8.26. The van der Waals surface area contributed by atoms with Crippen LogP contribution in [-0.2, 0) is 0 Å². The molecule has 0 radical (unpaired) electrons. The van der Waals surface area contributed by atoms with Crippen LogP contribution in [0.15, 0.2) is 42.6 Å². The number of benzene rings is 1. The second kappa shape index (κ2) is 9.45. The van der Waals surface area contributed by atoms with Gasteiger partial charge in [0.05, 0.1) is 11.3 Å². The maximum Gasteiger partial charge on any atom is 0.257 e. The molecule has 2 aromatic heterocycles. The number of rotatable bonds is 4. The minimum absolute atomic E-state index is 0. The van der Waals surface area contributed by atoms with Crippen molar-refractivity contribution in [3.05, 3.63) is 59.4 Å². The third-order valence-electron chi connectivity index (χ3n) is 4.96. The van der Waals surface area contributed by atoms with Crippen LogP contribution in [0.2, 0.25) is 0 Å². The van der Waals surface area contributed by atoms with Crippen LogP contribution in [0.5, 0.6) is 0 Å². The van der Waals surface area contributed by atoms with E-state index in [0.717, 1.165) is 41.4 Å². The zero-order valence-electron chi connectivity index (χ0n) is 16.8. The molecule has 0 aliphatic carbocycles. The molecule has 1 saturated heterocycles. The van der Waals surface area contributed by atoms with E-state index in [4.69, 9.17) is 0 Å². The monoisotopic (exact) mass is 442 g/mol. The van der Waals surface area contributed by atoms with Crippen molar-refractivity contribution in [3.63, 3.8) is 0 Å². The number of amides is 1. The van der Waals surface area contributed by atoms with Gasteiger partial charge in [-0.1, -0.05) is 0 Å². The van der Waals surface area contributed by atoms with Crippen LogP contribution in [0.1, 0.15) is 33.3 Å². The van der Waals surface area contributed by atoms with E-state index in [1.54, 1.807) is 25.3 Å². The number of Topliss-reactive ketones (excluding diaryl/α,β-unsaturated/α-hetero) is 1. The van der Waals surface area contributed by atoms with Gasteiger partial charge in [0.15, 0.2) is 11.4 Å². The van der Waals surface area contributed by atoms with Gasteiger partial charge in [-0.05, 0) is 50.2 Å². The summed E-state index contributed by atoms with van der Waals surface area (Å²) in [5.74, 6) is 1.89. The molecule has 0 unspecified atom stereocenters. The number of nitrogens with one attached hydrogen (secondary N) is 1. The normalized spacial score (nSPS) is 13.6. The molecule has 6 nitrogen and oxygen atoms in total. The third-order valence-corrected chi connectivity index (χ3v) is 5.90. The summed E-state index contributed by atoms with van der Waals surface area (Å²) in [6.45, 7) is 4.93. The lowest BCUT2D eigenvalue weighted by atomic mass is 10.1. The fourth-order valence-electron chi connectivity index (χ4n) is 3.34. The van der Waals surface area contributed by atoms with Gasteiger partial charge in [-0.2, -0.15) is 11.8 Å². The number of pyridine rings is 2. The molecule has 3 aromatic rings. The quantitative estimate of drug-likeness (QED) is 0.600. The number of aromatic nitrogens is 2. The Morgan fingerprint density at radius 1 is 1.07 bits per heavy atom. The molecule has 4 rings (SSSR count). The van der Waals surface area contributed by atoms with Crippen LogP contribution in [0.25, 0.3) is 11.0 Å². The molecule has 1 aromatic carbocycles. The highest BCUT2D eigenvalue weighted by Gasteiger charge is 2.23. The summed E-state index contributed by atoms with van der Waals surface area (Å²) in [5.41, 5.74) is 4.14. The van der Waals surface area contributed by atoms with Gasteiger partial charge in [0.25, 0.3) is 5.91 Å². The maximum absolute atomic E-state index is 13.2. The summed E-state index contributed by atoms with van der Waals surface area (Å²) in [7, 11) is 0. The number of carbonyl (C=O) groups excluding carboxylic acids is 2. The number of anilines is 2. The number of carbonyl (C=O) groups is 2. The molecule has 30 heavy (non-hydrogen) atoms. The number of ketones is 1. The smallest absolute Gasteiger partial charge is 0.257 e. The molecular formula is C22H23ClN4O2S. The van der Waals surface area contributed by atoms with Crippen LogP contribution in [-0.4, -0.2) is 51.2 Å². The van der Waals surface area contributed by atoms with Crippen molar-refractivity contribution in [2.45, 2.75) is 13.8 Å². The van der Waals surface area contributed by atoms with E-state index in [1.165, 1.54) is 0 Å². The van der Waals surface area contributed by atoms with Crippen LogP contribution in [0.4, 0.5) is 11.4 Å². The van der Waals surface area contributed by atoms with Crippen molar-refractivity contribution in [2.75, 3.05) is 29.9 Å². The molecule has 8 heteroatoms. The molecule has 0 spiro atoms. The Morgan fingerprint density at radius 3 is 2.43 bits per heavy atom. The van der Waals surface area contributed by atoms with E-state index < -0.39 is 0 Å². The number of hydrogen-bond acceptors (Lipinski definition) is 6. The minimum atomic E-state index is -0.0249. The predicted octanol–water partition coefficient (Wildman–Crippen LogP) is 4.50. The maximum atomic E-state index is 13.2. The van der Waals surface area contributed by atoms with Gasteiger partial charge in [0.1, 0.15) is 0 Å². The summed E-state index contributed by atoms with van der Waals surface area (Å²) < 4.78 is 0. The molecule has 0 atom stereocenters. The molecule has 1 aliphatic heterocycles. The predicted molar refractivity (Wildman–Crippen MR) is 124 cm³/mol. The van der Waals surface area contributed by atoms with Crippen LogP contribution in [0, 0.1) is 6.92 Å². The van der Waals surface area contributed by atoms with E-state index in [-0.39, 0.29) is 24.1 Å². The Hall–Kier alpha value is -2.64. The van der Waals surface area contributed by atoms with E-state index in [9.17, 15) is 9.59 Å². The lowest BCUT2D eigenvalue weighted by molar-refractivity contribution is 0.0773. The third kappa shape index (κ3) is 4.57. The number of nitrogens with zero attached hydrogens (tertiary/aromatic N) is 3. The van der Waals surface area contributed by atoms with E-state index >= 15 is 0 Å². The Labute approximate surface area is 185 Å². The van der Waals surface area contributed by atoms with Gasteiger partial charge in [0.2, 0.25) is 0 Å².